The molecule has 0 unspecified atom stereocenters. The average Bonchev–Trinajstić information content (AvgIpc) is 2.35. The Morgan fingerprint density at radius 3 is 2.94 bits per heavy atom. The molecule has 0 atom stereocenters. The van der Waals surface area contributed by atoms with Crippen LogP contribution in [0.5, 0.6) is 5.88 Å². The van der Waals surface area contributed by atoms with E-state index in [9.17, 15) is 0 Å². The van der Waals surface area contributed by atoms with Gasteiger partial charge in [-0.15, -0.1) is 0 Å². The molecule has 0 spiro atoms. The van der Waals surface area contributed by atoms with E-state index in [1.165, 1.54) is 6.33 Å². The number of hydrogen-bond donors (Lipinski definition) is 3. The molecule has 4 N–H and O–H groups in total. The van der Waals surface area contributed by atoms with Crippen LogP contribution in [0.15, 0.2) is 6.33 Å². The minimum Gasteiger partial charge on any atom is -0.476 e. The lowest BCUT2D eigenvalue weighted by Gasteiger charge is -2.11. The minimum absolute atomic E-state index is 0.200. The van der Waals surface area contributed by atoms with Crippen LogP contribution in [0.25, 0.3) is 0 Å². The van der Waals surface area contributed by atoms with Gasteiger partial charge in [0.2, 0.25) is 5.88 Å². The van der Waals surface area contributed by atoms with Gasteiger partial charge in [-0.3, -0.25) is 0 Å². The van der Waals surface area contributed by atoms with Crippen LogP contribution in [-0.2, 0) is 0 Å². The van der Waals surface area contributed by atoms with Gasteiger partial charge in [-0.05, 0) is 19.3 Å². The fourth-order valence-corrected chi connectivity index (χ4v) is 1.28. The van der Waals surface area contributed by atoms with Gasteiger partial charge >= 0.3 is 0 Å². The van der Waals surface area contributed by atoms with Gasteiger partial charge in [-0.25, -0.2) is 4.98 Å². The first-order valence-electron chi connectivity index (χ1n) is 5.87. The van der Waals surface area contributed by atoms with Crippen molar-refractivity contribution in [2.45, 2.75) is 26.2 Å². The second kappa shape index (κ2) is 7.67. The summed E-state index contributed by atoms with van der Waals surface area (Å²) in [6.07, 6.45) is 3.96. The van der Waals surface area contributed by atoms with E-state index in [-0.39, 0.29) is 6.61 Å². The summed E-state index contributed by atoms with van der Waals surface area (Å²) >= 11 is 0. The minimum atomic E-state index is 0.200. The number of unbranched alkanes of at least 4 members (excludes halogenated alkanes) is 1. The highest BCUT2D eigenvalue weighted by atomic mass is 16.5. The van der Waals surface area contributed by atoms with Gasteiger partial charge < -0.3 is 20.9 Å². The molecule has 0 aliphatic rings. The van der Waals surface area contributed by atoms with Crippen LogP contribution in [0, 0.1) is 0 Å². The first-order chi connectivity index (χ1) is 8.29. The Bertz CT molecular complexity index is 333. The van der Waals surface area contributed by atoms with E-state index >= 15 is 0 Å². The molecule has 1 aromatic heterocycles. The molecule has 1 aromatic rings. The fourth-order valence-electron chi connectivity index (χ4n) is 1.28. The molecule has 1 rings (SSSR count). The number of nitrogen functional groups attached to an aromatic ring is 1. The van der Waals surface area contributed by atoms with Crippen LogP contribution in [-0.4, -0.2) is 34.8 Å². The van der Waals surface area contributed by atoms with E-state index in [1.807, 2.05) is 6.92 Å². The van der Waals surface area contributed by atoms with Crippen LogP contribution >= 0.6 is 0 Å². The topological polar surface area (TPSA) is 93.3 Å². The average molecular weight is 240 g/mol. The number of aliphatic hydroxyl groups excluding tert-OH is 1. The third-order valence-electron chi connectivity index (χ3n) is 2.17. The summed E-state index contributed by atoms with van der Waals surface area (Å²) < 4.78 is 5.40. The van der Waals surface area contributed by atoms with Gasteiger partial charge in [0, 0.05) is 13.2 Å². The molecule has 0 aromatic carbocycles. The lowest BCUT2D eigenvalue weighted by atomic mass is 10.3. The highest BCUT2D eigenvalue weighted by Gasteiger charge is 2.08. The second-order valence-corrected chi connectivity index (χ2v) is 3.65. The van der Waals surface area contributed by atoms with Crippen molar-refractivity contribution in [1.82, 2.24) is 9.97 Å². The molecule has 17 heavy (non-hydrogen) atoms. The van der Waals surface area contributed by atoms with Crippen molar-refractivity contribution in [3.63, 3.8) is 0 Å². The van der Waals surface area contributed by atoms with Gasteiger partial charge in [-0.1, -0.05) is 6.92 Å². The maximum absolute atomic E-state index is 8.66. The lowest BCUT2D eigenvalue weighted by molar-refractivity contribution is 0.286. The van der Waals surface area contributed by atoms with E-state index in [2.05, 4.69) is 15.3 Å². The molecular formula is C11H20N4O2. The Labute approximate surface area is 101 Å². The summed E-state index contributed by atoms with van der Waals surface area (Å²) in [5.74, 6) is 1.01. The van der Waals surface area contributed by atoms with Crippen LogP contribution in [0.3, 0.4) is 0 Å². The molecule has 0 bridgehead atoms. The number of aromatic nitrogens is 2. The summed E-state index contributed by atoms with van der Waals surface area (Å²) in [7, 11) is 0. The Hall–Kier alpha value is -1.56. The molecule has 96 valence electrons. The van der Waals surface area contributed by atoms with Gasteiger partial charge in [-0.2, -0.15) is 4.98 Å². The molecule has 0 aliphatic carbocycles. The smallest absolute Gasteiger partial charge is 0.242 e. The van der Waals surface area contributed by atoms with Crippen LogP contribution < -0.4 is 15.8 Å². The summed E-state index contributed by atoms with van der Waals surface area (Å²) in [5, 5.41) is 11.8. The van der Waals surface area contributed by atoms with E-state index in [4.69, 9.17) is 15.6 Å². The second-order valence-electron chi connectivity index (χ2n) is 3.65. The van der Waals surface area contributed by atoms with Crippen LogP contribution in [0.2, 0.25) is 0 Å². The molecule has 6 heteroatoms. The van der Waals surface area contributed by atoms with Crippen LogP contribution in [0.1, 0.15) is 26.2 Å². The van der Waals surface area contributed by atoms with Gasteiger partial charge in [0.05, 0.1) is 6.61 Å². The largest absolute Gasteiger partial charge is 0.476 e. The Morgan fingerprint density at radius 2 is 2.24 bits per heavy atom. The van der Waals surface area contributed by atoms with Crippen molar-refractivity contribution in [1.29, 1.82) is 0 Å². The maximum Gasteiger partial charge on any atom is 0.242 e. The Kier molecular flexibility index (Phi) is 6.09. The lowest BCUT2D eigenvalue weighted by Crippen LogP contribution is -2.09. The predicted octanol–water partition coefficient (Wildman–Crippen LogP) is 1.03. The number of nitrogens with one attached hydrogen (secondary N) is 1. The van der Waals surface area contributed by atoms with Crippen molar-refractivity contribution >= 4 is 11.5 Å². The molecule has 0 amide bonds. The third-order valence-corrected chi connectivity index (χ3v) is 2.17. The van der Waals surface area contributed by atoms with Gasteiger partial charge in [0.25, 0.3) is 0 Å². The van der Waals surface area contributed by atoms with E-state index in [0.717, 1.165) is 25.8 Å². The molecule has 6 nitrogen and oxygen atoms in total. The fraction of sp³-hybridized carbons (Fsp3) is 0.636. The zero-order valence-electron chi connectivity index (χ0n) is 10.1. The van der Waals surface area contributed by atoms with Crippen molar-refractivity contribution < 1.29 is 9.84 Å². The molecule has 0 saturated carbocycles. The van der Waals surface area contributed by atoms with Gasteiger partial charge in [0.15, 0.2) is 5.82 Å². The van der Waals surface area contributed by atoms with Crippen molar-refractivity contribution in [2.24, 2.45) is 0 Å². The Balaban J connectivity index is 2.53. The zero-order valence-corrected chi connectivity index (χ0v) is 10.1. The summed E-state index contributed by atoms with van der Waals surface area (Å²) in [6, 6.07) is 0. The number of nitrogens with two attached hydrogens (primary N) is 1. The predicted molar refractivity (Wildman–Crippen MR) is 67.0 cm³/mol. The SMILES string of the molecule is CCCOc1ncnc(NCCCCO)c1N. The number of ether oxygens (including phenoxy) is 1. The number of nitrogens with zero attached hydrogens (tertiary/aromatic N) is 2. The number of aliphatic hydroxyl groups is 1. The molecule has 0 saturated heterocycles. The van der Waals surface area contributed by atoms with Crippen molar-refractivity contribution in [3.8, 4) is 5.88 Å². The number of rotatable bonds is 8. The van der Waals surface area contributed by atoms with Crippen molar-refractivity contribution in [2.75, 3.05) is 30.8 Å². The van der Waals surface area contributed by atoms with Crippen LogP contribution in [0.4, 0.5) is 11.5 Å². The standard InChI is InChI=1S/C11H20N4O2/c1-2-7-17-11-9(12)10(14-8-15-11)13-5-3-4-6-16/h8,16H,2-7,12H2,1H3,(H,13,14,15). The third kappa shape index (κ3) is 4.44. The normalized spacial score (nSPS) is 10.2. The number of anilines is 2. The molecule has 1 heterocycles. The van der Waals surface area contributed by atoms with Gasteiger partial charge in [0.1, 0.15) is 12.0 Å². The monoisotopic (exact) mass is 240 g/mol. The van der Waals surface area contributed by atoms with E-state index < -0.39 is 0 Å². The summed E-state index contributed by atoms with van der Waals surface area (Å²) in [6.45, 7) is 3.53. The molecule has 0 radical (unpaired) electrons. The Morgan fingerprint density at radius 1 is 1.41 bits per heavy atom. The highest BCUT2D eigenvalue weighted by Crippen LogP contribution is 2.24. The summed E-state index contributed by atoms with van der Waals surface area (Å²) in [5.41, 5.74) is 6.31. The highest BCUT2D eigenvalue weighted by molar-refractivity contribution is 5.66. The maximum atomic E-state index is 8.66. The van der Waals surface area contributed by atoms with E-state index in [0.29, 0.717) is 24.0 Å². The molecular weight excluding hydrogens is 220 g/mol. The first kappa shape index (κ1) is 13.5. The quantitative estimate of drug-likeness (QED) is 0.588. The number of hydrogen-bond acceptors (Lipinski definition) is 6. The van der Waals surface area contributed by atoms with Crippen molar-refractivity contribution in [3.05, 3.63) is 6.33 Å². The zero-order chi connectivity index (χ0) is 12.5. The molecule has 0 fully saturated rings. The first-order valence-corrected chi connectivity index (χ1v) is 5.87. The summed E-state index contributed by atoms with van der Waals surface area (Å²) in [4.78, 5) is 8.04. The van der Waals surface area contributed by atoms with E-state index in [1.54, 1.807) is 0 Å². The molecule has 0 aliphatic heterocycles.